The van der Waals surface area contributed by atoms with Crippen LogP contribution in [0.1, 0.15) is 17.3 Å². The first kappa shape index (κ1) is 15.6. The molecule has 1 aliphatic rings. The number of hydrogen-bond acceptors (Lipinski definition) is 3. The van der Waals surface area contributed by atoms with Crippen molar-refractivity contribution >= 4 is 6.03 Å². The van der Waals surface area contributed by atoms with Crippen LogP contribution in [-0.2, 0) is 13.1 Å². The molecule has 1 unspecified atom stereocenters. The number of rotatable bonds is 4. The van der Waals surface area contributed by atoms with Crippen molar-refractivity contribution in [1.29, 1.82) is 0 Å². The summed E-state index contributed by atoms with van der Waals surface area (Å²) in [5.74, 6) is 0. The van der Waals surface area contributed by atoms with Crippen LogP contribution in [-0.4, -0.2) is 52.8 Å². The maximum atomic E-state index is 11.8. The van der Waals surface area contributed by atoms with Crippen LogP contribution in [0.5, 0.6) is 0 Å². The topological polar surface area (TPSA) is 53.4 Å². The fraction of sp³-hybridized carbons (Fsp3) is 0.412. The van der Waals surface area contributed by atoms with Crippen molar-refractivity contribution < 1.29 is 4.79 Å². The molecule has 0 fully saturated rings. The van der Waals surface area contributed by atoms with E-state index < -0.39 is 0 Å². The Labute approximate surface area is 136 Å². The highest BCUT2D eigenvalue weighted by atomic mass is 16.2. The van der Waals surface area contributed by atoms with Crippen molar-refractivity contribution in [2.75, 3.05) is 27.2 Å². The fourth-order valence-electron chi connectivity index (χ4n) is 2.94. The molecule has 0 aliphatic carbocycles. The van der Waals surface area contributed by atoms with Crippen LogP contribution in [0.2, 0.25) is 0 Å². The van der Waals surface area contributed by atoms with Crippen LogP contribution >= 0.6 is 0 Å². The van der Waals surface area contributed by atoms with Gasteiger partial charge in [0, 0.05) is 46.5 Å². The zero-order valence-electron chi connectivity index (χ0n) is 13.6. The van der Waals surface area contributed by atoms with Gasteiger partial charge in [0.1, 0.15) is 0 Å². The van der Waals surface area contributed by atoms with Crippen molar-refractivity contribution in [2.24, 2.45) is 0 Å². The van der Waals surface area contributed by atoms with Gasteiger partial charge in [-0.2, -0.15) is 5.10 Å². The predicted molar refractivity (Wildman–Crippen MR) is 88.9 cm³/mol. The average Bonchev–Trinajstić information content (AvgIpc) is 3.01. The zero-order valence-corrected chi connectivity index (χ0v) is 13.6. The maximum Gasteiger partial charge on any atom is 0.316 e. The smallest absolute Gasteiger partial charge is 0.316 e. The van der Waals surface area contributed by atoms with Gasteiger partial charge in [0.05, 0.1) is 11.7 Å². The van der Waals surface area contributed by atoms with Crippen molar-refractivity contribution in [3.05, 3.63) is 53.9 Å². The molecule has 1 aliphatic heterocycles. The van der Waals surface area contributed by atoms with Gasteiger partial charge in [-0.15, -0.1) is 0 Å². The van der Waals surface area contributed by atoms with Crippen LogP contribution in [0.3, 0.4) is 0 Å². The van der Waals surface area contributed by atoms with E-state index in [1.165, 1.54) is 11.3 Å². The van der Waals surface area contributed by atoms with Crippen molar-refractivity contribution in [3.8, 4) is 0 Å². The number of amides is 2. The highest BCUT2D eigenvalue weighted by Crippen LogP contribution is 2.21. The number of aromatic nitrogens is 2. The van der Waals surface area contributed by atoms with Crippen molar-refractivity contribution in [2.45, 2.75) is 19.1 Å². The Bertz CT molecular complexity index is 652. The highest BCUT2D eigenvalue weighted by molar-refractivity contribution is 5.73. The molecule has 3 rings (SSSR count). The van der Waals surface area contributed by atoms with Gasteiger partial charge < -0.3 is 10.2 Å². The average molecular weight is 313 g/mol. The molecule has 0 saturated carbocycles. The summed E-state index contributed by atoms with van der Waals surface area (Å²) in [6, 6.07) is 12.6. The van der Waals surface area contributed by atoms with E-state index in [1.54, 1.807) is 19.0 Å². The number of nitrogens with zero attached hydrogens (tertiary/aromatic N) is 4. The predicted octanol–water partition coefficient (Wildman–Crippen LogP) is 1.71. The van der Waals surface area contributed by atoms with Crippen molar-refractivity contribution in [3.63, 3.8) is 0 Å². The van der Waals surface area contributed by atoms with Crippen LogP contribution in [0.15, 0.2) is 42.6 Å². The first-order valence-corrected chi connectivity index (χ1v) is 7.87. The van der Waals surface area contributed by atoms with E-state index in [4.69, 9.17) is 0 Å². The second-order valence-corrected chi connectivity index (χ2v) is 6.16. The lowest BCUT2D eigenvalue weighted by Crippen LogP contribution is -2.44. The second-order valence-electron chi connectivity index (χ2n) is 6.16. The van der Waals surface area contributed by atoms with Gasteiger partial charge in [-0.25, -0.2) is 4.79 Å². The third-order valence-corrected chi connectivity index (χ3v) is 4.10. The number of urea groups is 1. The number of carbonyl (C=O) groups excluding carboxylic acids is 1. The Morgan fingerprint density at radius 1 is 1.30 bits per heavy atom. The minimum Gasteiger partial charge on any atom is -0.336 e. The molecule has 1 aromatic heterocycles. The Kier molecular flexibility index (Phi) is 4.62. The van der Waals surface area contributed by atoms with Gasteiger partial charge in [0.2, 0.25) is 0 Å². The Balaban J connectivity index is 1.68. The van der Waals surface area contributed by atoms with Gasteiger partial charge in [0.25, 0.3) is 0 Å². The molecular formula is C17H23N5O. The molecule has 2 aromatic rings. The lowest BCUT2D eigenvalue weighted by Gasteiger charge is -2.34. The minimum absolute atomic E-state index is 0.0705. The lowest BCUT2D eigenvalue weighted by atomic mass is 10.1. The van der Waals surface area contributed by atoms with E-state index in [0.717, 1.165) is 19.6 Å². The Morgan fingerprint density at radius 3 is 2.83 bits per heavy atom. The Morgan fingerprint density at radius 2 is 2.09 bits per heavy atom. The molecular weight excluding hydrogens is 290 g/mol. The van der Waals surface area contributed by atoms with Gasteiger partial charge in [-0.05, 0) is 11.6 Å². The van der Waals surface area contributed by atoms with Crippen LogP contribution in [0.4, 0.5) is 4.79 Å². The van der Waals surface area contributed by atoms with E-state index >= 15 is 0 Å². The van der Waals surface area contributed by atoms with E-state index in [0.29, 0.717) is 6.54 Å². The van der Waals surface area contributed by atoms with Crippen molar-refractivity contribution in [1.82, 2.24) is 24.9 Å². The molecule has 0 spiro atoms. The third-order valence-electron chi connectivity index (χ3n) is 4.10. The Hall–Kier alpha value is -2.34. The van der Waals surface area contributed by atoms with Crippen LogP contribution in [0, 0.1) is 0 Å². The summed E-state index contributed by atoms with van der Waals surface area (Å²) in [5, 5.41) is 7.39. The molecule has 0 bridgehead atoms. The summed E-state index contributed by atoms with van der Waals surface area (Å²) in [6.45, 7) is 3.24. The molecule has 1 atom stereocenters. The van der Waals surface area contributed by atoms with Gasteiger partial charge in [0.15, 0.2) is 0 Å². The summed E-state index contributed by atoms with van der Waals surface area (Å²) in [6.07, 6.45) is 1.84. The van der Waals surface area contributed by atoms with Crippen LogP contribution in [0.25, 0.3) is 0 Å². The fourth-order valence-corrected chi connectivity index (χ4v) is 2.94. The first-order chi connectivity index (χ1) is 11.1. The number of fused-ring (bicyclic) bond motifs is 1. The van der Waals surface area contributed by atoms with E-state index in [9.17, 15) is 4.79 Å². The molecule has 2 heterocycles. The minimum atomic E-state index is -0.0705. The summed E-state index contributed by atoms with van der Waals surface area (Å²) < 4.78 is 2.04. The summed E-state index contributed by atoms with van der Waals surface area (Å²) in [7, 11) is 3.49. The quantitative estimate of drug-likeness (QED) is 0.935. The molecule has 1 N–H and O–H groups in total. The zero-order chi connectivity index (χ0) is 16.2. The third kappa shape index (κ3) is 3.71. The number of hydrogen-bond donors (Lipinski definition) is 1. The van der Waals surface area contributed by atoms with Gasteiger partial charge in [-0.1, -0.05) is 30.3 Å². The largest absolute Gasteiger partial charge is 0.336 e. The SMILES string of the molecule is CN(C)C(=O)NCC1CN(Cc2ccccc2)Cc2ccnn21. The standard InChI is InChI=1S/C17H23N5O/c1-20(2)17(23)18-10-16-13-21(11-14-6-4-3-5-7-14)12-15-8-9-19-22(15)16/h3-9,16H,10-13H2,1-2H3,(H,18,23). The molecule has 6 nitrogen and oxygen atoms in total. The molecule has 2 amide bonds. The molecule has 23 heavy (non-hydrogen) atoms. The van der Waals surface area contributed by atoms with E-state index in [1.807, 2.05) is 16.9 Å². The first-order valence-electron chi connectivity index (χ1n) is 7.87. The summed E-state index contributed by atoms with van der Waals surface area (Å²) in [4.78, 5) is 15.7. The number of carbonyl (C=O) groups is 1. The van der Waals surface area contributed by atoms with E-state index in [-0.39, 0.29) is 12.1 Å². The molecule has 122 valence electrons. The number of nitrogens with one attached hydrogen (secondary N) is 1. The van der Waals surface area contributed by atoms with E-state index in [2.05, 4.69) is 45.6 Å². The molecule has 6 heteroatoms. The molecule has 0 radical (unpaired) electrons. The van der Waals surface area contributed by atoms with Gasteiger partial charge in [-0.3, -0.25) is 9.58 Å². The van der Waals surface area contributed by atoms with Gasteiger partial charge >= 0.3 is 6.03 Å². The summed E-state index contributed by atoms with van der Waals surface area (Å²) >= 11 is 0. The number of benzene rings is 1. The molecule has 1 aromatic carbocycles. The lowest BCUT2D eigenvalue weighted by molar-refractivity contribution is 0.162. The maximum absolute atomic E-state index is 11.8. The normalized spacial score (nSPS) is 17.6. The highest BCUT2D eigenvalue weighted by Gasteiger charge is 2.26. The molecule has 0 saturated heterocycles. The second kappa shape index (κ2) is 6.83. The van der Waals surface area contributed by atoms with Crippen LogP contribution < -0.4 is 5.32 Å². The monoisotopic (exact) mass is 313 g/mol. The summed E-state index contributed by atoms with van der Waals surface area (Å²) in [5.41, 5.74) is 2.49.